The van der Waals surface area contributed by atoms with Gasteiger partial charge in [0.05, 0.1) is 6.61 Å². The third-order valence-electron chi connectivity index (χ3n) is 3.32. The smallest absolute Gasteiger partial charge is 0.338 e. The van der Waals surface area contributed by atoms with Crippen molar-refractivity contribution in [2.75, 3.05) is 6.61 Å². The summed E-state index contributed by atoms with van der Waals surface area (Å²) in [4.78, 5) is 10.8. The summed E-state index contributed by atoms with van der Waals surface area (Å²) in [5, 5.41) is 8.88. The Balaban J connectivity index is 1.87. The molecule has 1 saturated heterocycles. The van der Waals surface area contributed by atoms with E-state index in [9.17, 15) is 4.79 Å². The van der Waals surface area contributed by atoms with E-state index in [1.807, 2.05) is 0 Å². The average molecular weight is 228 g/mol. The van der Waals surface area contributed by atoms with Gasteiger partial charge in [0.25, 0.3) is 0 Å². The van der Waals surface area contributed by atoms with E-state index in [-0.39, 0.29) is 0 Å². The number of hydrogen-bond acceptors (Lipinski definition) is 2. The molecule has 1 aliphatic rings. The molecule has 1 fully saturated rings. The molecule has 0 aromatic carbocycles. The fourth-order valence-corrected chi connectivity index (χ4v) is 2.01. The standard InChI is InChI=1S/C13H24O3/c1-2-3-4-5-6-7-8-9-10-13(11-16-13)12(14)15/h2-11H2,1H3,(H,14,15). The van der Waals surface area contributed by atoms with Crippen LogP contribution in [0.1, 0.15) is 64.7 Å². The van der Waals surface area contributed by atoms with Crippen LogP contribution in [0.3, 0.4) is 0 Å². The number of aliphatic carboxylic acids is 1. The number of carbonyl (C=O) groups is 1. The molecule has 1 heterocycles. The number of rotatable bonds is 10. The molecule has 1 N–H and O–H groups in total. The van der Waals surface area contributed by atoms with Crippen LogP contribution in [-0.2, 0) is 9.53 Å². The lowest BCUT2D eigenvalue weighted by Gasteiger charge is -2.05. The Labute approximate surface area is 98.2 Å². The maximum Gasteiger partial charge on any atom is 0.338 e. The van der Waals surface area contributed by atoms with Crippen LogP contribution in [0.2, 0.25) is 0 Å². The van der Waals surface area contributed by atoms with E-state index in [1.165, 1.54) is 38.5 Å². The third kappa shape index (κ3) is 4.52. The molecule has 0 aliphatic carbocycles. The Morgan fingerprint density at radius 1 is 1.12 bits per heavy atom. The lowest BCUT2D eigenvalue weighted by Crippen LogP contribution is -2.23. The molecule has 16 heavy (non-hydrogen) atoms. The van der Waals surface area contributed by atoms with E-state index in [1.54, 1.807) is 0 Å². The number of epoxide rings is 1. The molecule has 1 unspecified atom stereocenters. The first kappa shape index (κ1) is 13.5. The highest BCUT2D eigenvalue weighted by molar-refractivity contribution is 5.80. The second kappa shape index (κ2) is 6.89. The monoisotopic (exact) mass is 228 g/mol. The number of unbranched alkanes of at least 4 members (excludes halogenated alkanes) is 7. The van der Waals surface area contributed by atoms with Gasteiger partial charge in [0.15, 0.2) is 5.60 Å². The molecular weight excluding hydrogens is 204 g/mol. The summed E-state index contributed by atoms with van der Waals surface area (Å²) in [7, 11) is 0. The van der Waals surface area contributed by atoms with E-state index in [0.717, 1.165) is 12.8 Å². The summed E-state index contributed by atoms with van der Waals surface area (Å²) >= 11 is 0. The van der Waals surface area contributed by atoms with Crippen LogP contribution in [0.4, 0.5) is 0 Å². The van der Waals surface area contributed by atoms with Crippen molar-refractivity contribution in [2.45, 2.75) is 70.3 Å². The zero-order valence-electron chi connectivity index (χ0n) is 10.3. The number of carboxylic acid groups (broad SMARTS) is 1. The van der Waals surface area contributed by atoms with Gasteiger partial charge in [-0.25, -0.2) is 4.79 Å². The van der Waals surface area contributed by atoms with Gasteiger partial charge in [-0.2, -0.15) is 0 Å². The first-order chi connectivity index (χ1) is 7.71. The molecule has 0 radical (unpaired) electrons. The van der Waals surface area contributed by atoms with E-state index in [4.69, 9.17) is 9.84 Å². The summed E-state index contributed by atoms with van der Waals surface area (Å²) in [5.41, 5.74) is -0.789. The van der Waals surface area contributed by atoms with Crippen LogP contribution >= 0.6 is 0 Å². The van der Waals surface area contributed by atoms with Gasteiger partial charge in [-0.05, 0) is 12.8 Å². The normalized spacial score (nSPS) is 23.3. The number of carboxylic acids is 1. The Bertz CT molecular complexity index is 209. The van der Waals surface area contributed by atoms with E-state index in [2.05, 4.69) is 6.92 Å². The molecule has 0 saturated carbocycles. The predicted molar refractivity (Wildman–Crippen MR) is 63.5 cm³/mol. The van der Waals surface area contributed by atoms with Crippen molar-refractivity contribution in [3.63, 3.8) is 0 Å². The van der Waals surface area contributed by atoms with Crippen LogP contribution in [0.15, 0.2) is 0 Å². The highest BCUT2D eigenvalue weighted by Crippen LogP contribution is 2.33. The van der Waals surface area contributed by atoms with E-state index in [0.29, 0.717) is 13.0 Å². The lowest BCUT2D eigenvalue weighted by atomic mass is 10.0. The number of hydrogen-bond donors (Lipinski definition) is 1. The molecule has 0 bridgehead atoms. The lowest BCUT2D eigenvalue weighted by molar-refractivity contribution is -0.143. The molecule has 1 atom stereocenters. The predicted octanol–water partition coefficient (Wildman–Crippen LogP) is 3.37. The number of ether oxygens (including phenoxy) is 1. The second-order valence-electron chi connectivity index (χ2n) is 4.81. The van der Waals surface area contributed by atoms with Gasteiger partial charge in [-0.1, -0.05) is 51.9 Å². The Hall–Kier alpha value is -0.570. The Kier molecular flexibility index (Phi) is 5.81. The van der Waals surface area contributed by atoms with E-state index >= 15 is 0 Å². The van der Waals surface area contributed by atoms with E-state index < -0.39 is 11.6 Å². The molecule has 1 aliphatic heterocycles. The topological polar surface area (TPSA) is 49.8 Å². The summed E-state index contributed by atoms with van der Waals surface area (Å²) in [6, 6.07) is 0. The first-order valence-electron chi connectivity index (χ1n) is 6.58. The largest absolute Gasteiger partial charge is 0.479 e. The fourth-order valence-electron chi connectivity index (χ4n) is 2.01. The Morgan fingerprint density at radius 2 is 1.62 bits per heavy atom. The maximum atomic E-state index is 10.8. The average Bonchev–Trinajstić information content (AvgIpc) is 3.03. The minimum Gasteiger partial charge on any atom is -0.479 e. The zero-order chi connectivity index (χ0) is 11.9. The van der Waals surface area contributed by atoms with Crippen molar-refractivity contribution in [1.29, 1.82) is 0 Å². The highest BCUT2D eigenvalue weighted by Gasteiger charge is 2.51. The van der Waals surface area contributed by atoms with Gasteiger partial charge in [0.2, 0.25) is 0 Å². The van der Waals surface area contributed by atoms with Gasteiger partial charge in [0.1, 0.15) is 0 Å². The summed E-state index contributed by atoms with van der Waals surface area (Å²) in [6.07, 6.45) is 10.7. The van der Waals surface area contributed by atoms with Gasteiger partial charge in [-0.15, -0.1) is 0 Å². The fraction of sp³-hybridized carbons (Fsp3) is 0.923. The van der Waals surface area contributed by atoms with Crippen molar-refractivity contribution in [3.05, 3.63) is 0 Å². The van der Waals surface area contributed by atoms with Crippen molar-refractivity contribution in [1.82, 2.24) is 0 Å². The highest BCUT2D eigenvalue weighted by atomic mass is 16.6. The molecule has 3 heteroatoms. The van der Waals surface area contributed by atoms with Crippen molar-refractivity contribution < 1.29 is 14.6 Å². The van der Waals surface area contributed by atoms with Gasteiger partial charge < -0.3 is 9.84 Å². The molecule has 0 amide bonds. The van der Waals surface area contributed by atoms with Crippen LogP contribution in [-0.4, -0.2) is 23.3 Å². The third-order valence-corrected chi connectivity index (χ3v) is 3.32. The van der Waals surface area contributed by atoms with Gasteiger partial charge in [0, 0.05) is 0 Å². The molecule has 3 nitrogen and oxygen atoms in total. The molecule has 94 valence electrons. The summed E-state index contributed by atoms with van der Waals surface area (Å²) in [6.45, 7) is 2.64. The molecule has 0 aromatic heterocycles. The van der Waals surface area contributed by atoms with Crippen LogP contribution < -0.4 is 0 Å². The summed E-state index contributed by atoms with van der Waals surface area (Å²) < 4.78 is 5.02. The quantitative estimate of drug-likeness (QED) is 0.460. The van der Waals surface area contributed by atoms with Crippen LogP contribution in [0.5, 0.6) is 0 Å². The minimum absolute atomic E-state index is 0.416. The Morgan fingerprint density at radius 3 is 2.06 bits per heavy atom. The molecule has 1 rings (SSSR count). The second-order valence-corrected chi connectivity index (χ2v) is 4.81. The van der Waals surface area contributed by atoms with Crippen molar-refractivity contribution in [3.8, 4) is 0 Å². The summed E-state index contributed by atoms with van der Waals surface area (Å²) in [5.74, 6) is -0.782. The molecule has 0 aromatic rings. The van der Waals surface area contributed by atoms with Crippen molar-refractivity contribution in [2.24, 2.45) is 0 Å². The first-order valence-corrected chi connectivity index (χ1v) is 6.58. The van der Waals surface area contributed by atoms with Gasteiger partial charge >= 0.3 is 5.97 Å². The van der Waals surface area contributed by atoms with Gasteiger partial charge in [-0.3, -0.25) is 0 Å². The van der Waals surface area contributed by atoms with Crippen molar-refractivity contribution >= 4 is 5.97 Å². The minimum atomic E-state index is -0.789. The zero-order valence-corrected chi connectivity index (χ0v) is 10.3. The van der Waals surface area contributed by atoms with Crippen LogP contribution in [0.25, 0.3) is 0 Å². The maximum absolute atomic E-state index is 10.8. The molecular formula is C13H24O3. The molecule has 0 spiro atoms. The van der Waals surface area contributed by atoms with Crippen LogP contribution in [0, 0.1) is 0 Å². The SMILES string of the molecule is CCCCCCCCCCC1(C(=O)O)CO1.